The van der Waals surface area contributed by atoms with E-state index in [4.69, 9.17) is 5.73 Å². The number of hydrogen-bond acceptors (Lipinski definition) is 4. The molecule has 1 unspecified atom stereocenters. The van der Waals surface area contributed by atoms with E-state index >= 15 is 0 Å². The van der Waals surface area contributed by atoms with E-state index in [9.17, 15) is 0 Å². The van der Waals surface area contributed by atoms with Gasteiger partial charge in [0.15, 0.2) is 0 Å². The topological polar surface area (TPSA) is 32.5 Å². The van der Waals surface area contributed by atoms with Gasteiger partial charge in [-0.25, -0.2) is 0 Å². The molecule has 0 radical (unpaired) electrons. The molecular weight excluding hydrogens is 230 g/mol. The smallest absolute Gasteiger partial charge is 0.0562 e. The number of nitrogens with zero attached hydrogens (tertiary/aromatic N) is 2. The first-order chi connectivity index (χ1) is 8.31. The van der Waals surface area contributed by atoms with Crippen molar-refractivity contribution in [2.75, 3.05) is 39.8 Å². The van der Waals surface area contributed by atoms with Gasteiger partial charge in [0.25, 0.3) is 0 Å². The number of hydrogen-bond donors (Lipinski definition) is 1. The van der Waals surface area contributed by atoms with E-state index in [-0.39, 0.29) is 0 Å². The minimum Gasteiger partial charge on any atom is -0.329 e. The van der Waals surface area contributed by atoms with Crippen molar-refractivity contribution in [3.63, 3.8) is 0 Å². The third-order valence-corrected chi connectivity index (χ3v) is 4.57. The van der Waals surface area contributed by atoms with Crippen molar-refractivity contribution in [1.29, 1.82) is 0 Å². The molecule has 1 saturated heterocycles. The minimum atomic E-state index is 0.387. The molecule has 0 saturated carbocycles. The van der Waals surface area contributed by atoms with Gasteiger partial charge in [0.1, 0.15) is 0 Å². The molecule has 0 bridgehead atoms. The van der Waals surface area contributed by atoms with Crippen LogP contribution in [0.25, 0.3) is 0 Å². The van der Waals surface area contributed by atoms with Crippen LogP contribution >= 0.6 is 11.3 Å². The first kappa shape index (κ1) is 13.0. The highest BCUT2D eigenvalue weighted by molar-refractivity contribution is 7.10. The zero-order valence-electron chi connectivity index (χ0n) is 10.6. The van der Waals surface area contributed by atoms with Gasteiger partial charge in [-0.15, -0.1) is 11.3 Å². The van der Waals surface area contributed by atoms with Crippen LogP contribution in [0.1, 0.15) is 23.8 Å². The third kappa shape index (κ3) is 3.52. The molecule has 4 heteroatoms. The highest BCUT2D eigenvalue weighted by atomic mass is 32.1. The quantitative estimate of drug-likeness (QED) is 0.839. The lowest BCUT2D eigenvalue weighted by molar-refractivity contribution is 0.212. The molecule has 1 aromatic rings. The molecule has 2 N–H and O–H groups in total. The zero-order valence-corrected chi connectivity index (χ0v) is 11.5. The number of thiophene rings is 1. The van der Waals surface area contributed by atoms with Crippen LogP contribution in [0, 0.1) is 0 Å². The number of rotatable bonds is 6. The lowest BCUT2D eigenvalue weighted by Crippen LogP contribution is -2.36. The Labute approximate surface area is 108 Å². The van der Waals surface area contributed by atoms with E-state index in [1.54, 1.807) is 11.3 Å². The molecule has 17 heavy (non-hydrogen) atoms. The van der Waals surface area contributed by atoms with Crippen molar-refractivity contribution in [2.24, 2.45) is 5.73 Å². The highest BCUT2D eigenvalue weighted by Crippen LogP contribution is 2.22. The summed E-state index contributed by atoms with van der Waals surface area (Å²) in [5.74, 6) is 0. The Morgan fingerprint density at radius 2 is 2.24 bits per heavy atom. The summed E-state index contributed by atoms with van der Waals surface area (Å²) < 4.78 is 0. The lowest BCUT2D eigenvalue weighted by atomic mass is 10.2. The summed E-state index contributed by atoms with van der Waals surface area (Å²) in [4.78, 5) is 6.33. The largest absolute Gasteiger partial charge is 0.329 e. The first-order valence-electron chi connectivity index (χ1n) is 6.47. The maximum absolute atomic E-state index is 5.90. The van der Waals surface area contributed by atoms with Crippen molar-refractivity contribution in [3.8, 4) is 0 Å². The second kappa shape index (κ2) is 6.50. The fourth-order valence-electron chi connectivity index (χ4n) is 2.46. The van der Waals surface area contributed by atoms with Crippen molar-refractivity contribution in [1.82, 2.24) is 9.80 Å². The third-order valence-electron chi connectivity index (χ3n) is 3.59. The summed E-state index contributed by atoms with van der Waals surface area (Å²) >= 11 is 1.81. The minimum absolute atomic E-state index is 0.387. The maximum Gasteiger partial charge on any atom is 0.0562 e. The maximum atomic E-state index is 5.90. The molecule has 1 aliphatic rings. The summed E-state index contributed by atoms with van der Waals surface area (Å²) in [6.45, 7) is 5.55. The Bertz CT molecular complexity index is 306. The Hall–Kier alpha value is -0.420. The predicted octanol–water partition coefficient (Wildman–Crippen LogP) is 1.78. The molecule has 0 aliphatic carbocycles. The Balaban J connectivity index is 1.82. The summed E-state index contributed by atoms with van der Waals surface area (Å²) in [6.07, 6.45) is 2.74. The number of likely N-dealkylation sites (N-methyl/N-ethyl adjacent to an activating group) is 1. The van der Waals surface area contributed by atoms with Crippen LogP contribution in [0.2, 0.25) is 0 Å². The SMILES string of the molecule is CN(CCN1CCCC1)C(CN)c1cccs1. The molecule has 1 aromatic heterocycles. The van der Waals surface area contributed by atoms with Crippen LogP contribution < -0.4 is 5.73 Å². The number of likely N-dealkylation sites (tertiary alicyclic amines) is 1. The normalized spacial score (nSPS) is 19.0. The molecule has 0 amide bonds. The van der Waals surface area contributed by atoms with E-state index in [2.05, 4.69) is 34.4 Å². The molecule has 2 heterocycles. The number of nitrogens with two attached hydrogens (primary N) is 1. The van der Waals surface area contributed by atoms with Crippen molar-refractivity contribution < 1.29 is 0 Å². The zero-order chi connectivity index (χ0) is 12.1. The van der Waals surface area contributed by atoms with E-state index < -0.39 is 0 Å². The van der Waals surface area contributed by atoms with E-state index in [0.717, 1.165) is 6.54 Å². The van der Waals surface area contributed by atoms with Crippen LogP contribution in [0.4, 0.5) is 0 Å². The summed E-state index contributed by atoms with van der Waals surface area (Å²) in [5.41, 5.74) is 5.90. The van der Waals surface area contributed by atoms with Gasteiger partial charge in [0, 0.05) is 24.5 Å². The average Bonchev–Trinajstić information content (AvgIpc) is 3.00. The van der Waals surface area contributed by atoms with Gasteiger partial charge >= 0.3 is 0 Å². The standard InChI is InChI=1S/C13H23N3S/c1-15(8-9-16-6-2-3-7-16)12(11-14)13-5-4-10-17-13/h4-5,10,12H,2-3,6-9,11,14H2,1H3. The highest BCUT2D eigenvalue weighted by Gasteiger charge is 2.18. The molecule has 3 nitrogen and oxygen atoms in total. The molecule has 96 valence electrons. The van der Waals surface area contributed by atoms with Gasteiger partial charge in [0.05, 0.1) is 6.04 Å². The van der Waals surface area contributed by atoms with Gasteiger partial charge in [-0.1, -0.05) is 6.07 Å². The van der Waals surface area contributed by atoms with E-state index in [1.807, 2.05) is 0 Å². The van der Waals surface area contributed by atoms with E-state index in [1.165, 1.54) is 37.4 Å². The van der Waals surface area contributed by atoms with Gasteiger partial charge in [-0.2, -0.15) is 0 Å². The summed E-state index contributed by atoms with van der Waals surface area (Å²) in [5, 5.41) is 2.13. The van der Waals surface area contributed by atoms with Gasteiger partial charge in [-0.05, 0) is 44.4 Å². The molecule has 2 rings (SSSR count). The molecule has 0 spiro atoms. The molecule has 0 aromatic carbocycles. The second-order valence-electron chi connectivity index (χ2n) is 4.80. The van der Waals surface area contributed by atoms with Crippen LogP contribution in [0.3, 0.4) is 0 Å². The Morgan fingerprint density at radius 3 is 2.82 bits per heavy atom. The molecule has 1 fully saturated rings. The summed E-state index contributed by atoms with van der Waals surface area (Å²) in [6, 6.07) is 4.68. The fourth-order valence-corrected chi connectivity index (χ4v) is 3.36. The molecule has 1 aliphatic heterocycles. The van der Waals surface area contributed by atoms with Crippen LogP contribution in [0.15, 0.2) is 17.5 Å². The molecule has 1 atom stereocenters. The first-order valence-corrected chi connectivity index (χ1v) is 7.35. The summed E-state index contributed by atoms with van der Waals surface area (Å²) in [7, 11) is 2.19. The van der Waals surface area contributed by atoms with Crippen LogP contribution in [0.5, 0.6) is 0 Å². The predicted molar refractivity (Wildman–Crippen MR) is 74.4 cm³/mol. The Morgan fingerprint density at radius 1 is 1.47 bits per heavy atom. The Kier molecular flexibility index (Phi) is 4.98. The molecular formula is C13H23N3S. The lowest BCUT2D eigenvalue weighted by Gasteiger charge is -2.28. The fraction of sp³-hybridized carbons (Fsp3) is 0.692. The second-order valence-corrected chi connectivity index (χ2v) is 5.78. The van der Waals surface area contributed by atoms with Crippen molar-refractivity contribution >= 4 is 11.3 Å². The van der Waals surface area contributed by atoms with Gasteiger partial charge < -0.3 is 10.6 Å². The monoisotopic (exact) mass is 253 g/mol. The van der Waals surface area contributed by atoms with Gasteiger partial charge in [-0.3, -0.25) is 4.90 Å². The van der Waals surface area contributed by atoms with Gasteiger partial charge in [0.2, 0.25) is 0 Å². The average molecular weight is 253 g/mol. The van der Waals surface area contributed by atoms with Crippen LogP contribution in [-0.4, -0.2) is 49.6 Å². The van der Waals surface area contributed by atoms with Crippen molar-refractivity contribution in [3.05, 3.63) is 22.4 Å². The van der Waals surface area contributed by atoms with E-state index in [0.29, 0.717) is 12.6 Å². The van der Waals surface area contributed by atoms with Crippen molar-refractivity contribution in [2.45, 2.75) is 18.9 Å². The van der Waals surface area contributed by atoms with Crippen LogP contribution in [-0.2, 0) is 0 Å².